The summed E-state index contributed by atoms with van der Waals surface area (Å²) in [5, 5.41) is 1.19. The summed E-state index contributed by atoms with van der Waals surface area (Å²) >= 11 is 12.0. The lowest BCUT2D eigenvalue weighted by atomic mass is 10.0. The van der Waals surface area contributed by atoms with Crippen LogP contribution in [0.25, 0.3) is 11.1 Å². The second-order valence-electron chi connectivity index (χ2n) is 5.23. The van der Waals surface area contributed by atoms with Gasteiger partial charge in [0, 0.05) is 0 Å². The van der Waals surface area contributed by atoms with E-state index in [-0.39, 0.29) is 0 Å². The van der Waals surface area contributed by atoms with Gasteiger partial charge in [-0.2, -0.15) is 0 Å². The quantitative estimate of drug-likeness (QED) is 0.738. The van der Waals surface area contributed by atoms with Gasteiger partial charge in [0.05, 0.1) is 10.0 Å². The summed E-state index contributed by atoms with van der Waals surface area (Å²) in [6, 6.07) is 14.4. The predicted molar refractivity (Wildman–Crippen MR) is 88.8 cm³/mol. The van der Waals surface area contributed by atoms with E-state index in [1.807, 2.05) is 18.2 Å². The van der Waals surface area contributed by atoms with Crippen LogP contribution >= 0.6 is 23.2 Å². The Kier molecular flexibility index (Phi) is 5.47. The zero-order valence-corrected chi connectivity index (χ0v) is 13.4. The van der Waals surface area contributed by atoms with Crippen LogP contribution in [0.15, 0.2) is 42.5 Å². The first-order chi connectivity index (χ1) is 9.56. The maximum absolute atomic E-state index is 6.06. The highest BCUT2D eigenvalue weighted by atomic mass is 35.5. The Bertz CT molecular complexity index is 562. The summed E-state index contributed by atoms with van der Waals surface area (Å²) in [7, 11) is 4.21. The lowest BCUT2D eigenvalue weighted by molar-refractivity contribution is 0.400. The molecule has 0 aliphatic carbocycles. The standard InChI is InChI=1S/C17H19Cl2N/c1-20(2)11-3-4-13-5-7-14(8-6-13)15-9-10-16(18)17(19)12-15/h5-10,12H,3-4,11H2,1-2H3. The van der Waals surface area contributed by atoms with Crippen LogP contribution in [0.4, 0.5) is 0 Å². The molecule has 0 saturated heterocycles. The first-order valence-electron chi connectivity index (χ1n) is 6.75. The molecule has 0 heterocycles. The average Bonchev–Trinajstić information content (AvgIpc) is 2.42. The van der Waals surface area contributed by atoms with Gasteiger partial charge < -0.3 is 4.90 Å². The number of nitrogens with zero attached hydrogens (tertiary/aromatic N) is 1. The Morgan fingerprint density at radius 3 is 2.10 bits per heavy atom. The summed E-state index contributed by atoms with van der Waals surface area (Å²) in [5.74, 6) is 0. The molecule has 0 bridgehead atoms. The third-order valence-corrected chi connectivity index (χ3v) is 4.02. The van der Waals surface area contributed by atoms with Crippen LogP contribution in [-0.2, 0) is 6.42 Å². The van der Waals surface area contributed by atoms with Gasteiger partial charge in [0.15, 0.2) is 0 Å². The zero-order chi connectivity index (χ0) is 14.5. The Morgan fingerprint density at radius 1 is 0.850 bits per heavy atom. The highest BCUT2D eigenvalue weighted by molar-refractivity contribution is 6.42. The highest BCUT2D eigenvalue weighted by Crippen LogP contribution is 2.28. The molecule has 0 saturated carbocycles. The fourth-order valence-electron chi connectivity index (χ4n) is 2.14. The summed E-state index contributed by atoms with van der Waals surface area (Å²) < 4.78 is 0. The molecule has 0 aliphatic rings. The van der Waals surface area contributed by atoms with E-state index in [2.05, 4.69) is 43.3 Å². The number of benzene rings is 2. The topological polar surface area (TPSA) is 3.24 Å². The Labute approximate surface area is 131 Å². The fourth-order valence-corrected chi connectivity index (χ4v) is 2.44. The zero-order valence-electron chi connectivity index (χ0n) is 11.9. The van der Waals surface area contributed by atoms with Crippen LogP contribution in [0, 0.1) is 0 Å². The number of aryl methyl sites for hydroxylation is 1. The largest absolute Gasteiger partial charge is 0.309 e. The molecule has 0 amide bonds. The monoisotopic (exact) mass is 307 g/mol. The van der Waals surface area contributed by atoms with Crippen molar-refractivity contribution in [3.8, 4) is 11.1 Å². The number of rotatable bonds is 5. The molecule has 3 heteroatoms. The lowest BCUT2D eigenvalue weighted by Crippen LogP contribution is -2.13. The Morgan fingerprint density at radius 2 is 1.50 bits per heavy atom. The van der Waals surface area contributed by atoms with Crippen molar-refractivity contribution >= 4 is 23.2 Å². The molecule has 2 rings (SSSR count). The highest BCUT2D eigenvalue weighted by Gasteiger charge is 2.02. The van der Waals surface area contributed by atoms with Crippen LogP contribution in [0.1, 0.15) is 12.0 Å². The van der Waals surface area contributed by atoms with Crippen molar-refractivity contribution in [2.75, 3.05) is 20.6 Å². The van der Waals surface area contributed by atoms with Crippen LogP contribution in [0.2, 0.25) is 10.0 Å². The molecule has 0 N–H and O–H groups in total. The molecule has 2 aromatic rings. The van der Waals surface area contributed by atoms with Gasteiger partial charge in [0.2, 0.25) is 0 Å². The molecule has 0 atom stereocenters. The molecule has 0 aliphatic heterocycles. The van der Waals surface area contributed by atoms with E-state index in [1.54, 1.807) is 0 Å². The normalized spacial score (nSPS) is 11.1. The molecule has 106 valence electrons. The first kappa shape index (κ1) is 15.4. The molecule has 0 spiro atoms. The van der Waals surface area contributed by atoms with Crippen molar-refractivity contribution in [3.05, 3.63) is 58.1 Å². The van der Waals surface area contributed by atoms with Gasteiger partial charge in [-0.15, -0.1) is 0 Å². The van der Waals surface area contributed by atoms with Gasteiger partial charge in [-0.25, -0.2) is 0 Å². The van der Waals surface area contributed by atoms with E-state index in [9.17, 15) is 0 Å². The van der Waals surface area contributed by atoms with E-state index in [4.69, 9.17) is 23.2 Å². The molecular weight excluding hydrogens is 289 g/mol. The van der Waals surface area contributed by atoms with E-state index in [0.29, 0.717) is 10.0 Å². The Balaban J connectivity index is 2.05. The van der Waals surface area contributed by atoms with Gasteiger partial charge in [0.1, 0.15) is 0 Å². The minimum absolute atomic E-state index is 0.593. The van der Waals surface area contributed by atoms with Crippen molar-refractivity contribution in [1.29, 1.82) is 0 Å². The molecule has 0 radical (unpaired) electrons. The summed E-state index contributed by atoms with van der Waals surface area (Å²) in [5.41, 5.74) is 3.63. The minimum Gasteiger partial charge on any atom is -0.309 e. The van der Waals surface area contributed by atoms with Crippen molar-refractivity contribution in [2.45, 2.75) is 12.8 Å². The first-order valence-corrected chi connectivity index (χ1v) is 7.51. The van der Waals surface area contributed by atoms with Crippen LogP contribution < -0.4 is 0 Å². The van der Waals surface area contributed by atoms with E-state index in [1.165, 1.54) is 17.5 Å². The molecule has 0 unspecified atom stereocenters. The molecule has 20 heavy (non-hydrogen) atoms. The van der Waals surface area contributed by atoms with Gasteiger partial charge >= 0.3 is 0 Å². The number of hydrogen-bond donors (Lipinski definition) is 0. The molecule has 0 aromatic heterocycles. The smallest absolute Gasteiger partial charge is 0.0598 e. The summed E-state index contributed by atoms with van der Waals surface area (Å²) in [4.78, 5) is 2.21. The van der Waals surface area contributed by atoms with E-state index >= 15 is 0 Å². The number of hydrogen-bond acceptors (Lipinski definition) is 1. The predicted octanol–water partition coefficient (Wildman–Crippen LogP) is 5.15. The Hall–Kier alpha value is -1.02. The van der Waals surface area contributed by atoms with Gasteiger partial charge in [-0.1, -0.05) is 53.5 Å². The van der Waals surface area contributed by atoms with Crippen LogP contribution in [-0.4, -0.2) is 25.5 Å². The minimum atomic E-state index is 0.593. The van der Waals surface area contributed by atoms with Crippen LogP contribution in [0.3, 0.4) is 0 Å². The van der Waals surface area contributed by atoms with Gasteiger partial charge in [0.25, 0.3) is 0 Å². The lowest BCUT2D eigenvalue weighted by Gasteiger charge is -2.09. The summed E-state index contributed by atoms with van der Waals surface area (Å²) in [6.45, 7) is 1.12. The molecule has 2 aromatic carbocycles. The second-order valence-corrected chi connectivity index (χ2v) is 6.05. The fraction of sp³-hybridized carbons (Fsp3) is 0.294. The maximum Gasteiger partial charge on any atom is 0.0598 e. The average molecular weight is 308 g/mol. The third kappa shape index (κ3) is 4.24. The van der Waals surface area contributed by atoms with Gasteiger partial charge in [-0.3, -0.25) is 0 Å². The van der Waals surface area contributed by atoms with E-state index < -0.39 is 0 Å². The van der Waals surface area contributed by atoms with Crippen LogP contribution in [0.5, 0.6) is 0 Å². The molecule has 0 fully saturated rings. The summed E-state index contributed by atoms with van der Waals surface area (Å²) in [6.07, 6.45) is 2.29. The van der Waals surface area contributed by atoms with E-state index in [0.717, 1.165) is 18.5 Å². The van der Waals surface area contributed by atoms with Crippen molar-refractivity contribution in [3.63, 3.8) is 0 Å². The second kappa shape index (κ2) is 7.12. The van der Waals surface area contributed by atoms with Crippen molar-refractivity contribution < 1.29 is 0 Å². The van der Waals surface area contributed by atoms with Crippen molar-refractivity contribution in [1.82, 2.24) is 4.90 Å². The molecular formula is C17H19Cl2N. The number of halogens is 2. The SMILES string of the molecule is CN(C)CCCc1ccc(-c2ccc(Cl)c(Cl)c2)cc1. The van der Waals surface area contributed by atoms with Gasteiger partial charge in [-0.05, 0) is 62.3 Å². The van der Waals surface area contributed by atoms with Crippen molar-refractivity contribution in [2.24, 2.45) is 0 Å². The maximum atomic E-state index is 6.06. The third-order valence-electron chi connectivity index (χ3n) is 3.28. The molecule has 1 nitrogen and oxygen atoms in total.